The lowest BCUT2D eigenvalue weighted by Gasteiger charge is -2.28. The fourth-order valence-corrected chi connectivity index (χ4v) is 2.87. The van der Waals surface area contributed by atoms with Crippen LogP contribution in [-0.2, 0) is 11.2 Å². The third kappa shape index (κ3) is 3.22. The molecule has 2 aromatic rings. The van der Waals surface area contributed by atoms with Gasteiger partial charge in [0.2, 0.25) is 0 Å². The highest BCUT2D eigenvalue weighted by atomic mass is 16.5. The quantitative estimate of drug-likeness (QED) is 0.852. The third-order valence-corrected chi connectivity index (χ3v) is 4.18. The summed E-state index contributed by atoms with van der Waals surface area (Å²) < 4.78 is 10.8. The average molecular weight is 299 g/mol. The Balaban J connectivity index is 1.75. The highest BCUT2D eigenvalue weighted by Crippen LogP contribution is 2.19. The van der Waals surface area contributed by atoms with Gasteiger partial charge in [0.05, 0.1) is 24.5 Å². The van der Waals surface area contributed by atoms with Gasteiger partial charge in [0.15, 0.2) is 0 Å². The molecule has 1 fully saturated rings. The van der Waals surface area contributed by atoms with Crippen LogP contribution >= 0.6 is 0 Å². The molecule has 1 aliphatic rings. The maximum Gasteiger partial charge on any atom is 0.257 e. The van der Waals surface area contributed by atoms with Crippen molar-refractivity contribution in [1.29, 1.82) is 0 Å². The predicted molar refractivity (Wildman–Crippen MR) is 83.9 cm³/mol. The van der Waals surface area contributed by atoms with Crippen LogP contribution in [0.5, 0.6) is 0 Å². The van der Waals surface area contributed by atoms with Crippen molar-refractivity contribution in [3.05, 3.63) is 59.5 Å². The largest absolute Gasteiger partial charge is 0.469 e. The summed E-state index contributed by atoms with van der Waals surface area (Å²) >= 11 is 0. The van der Waals surface area contributed by atoms with E-state index in [1.165, 1.54) is 5.56 Å². The van der Waals surface area contributed by atoms with Crippen LogP contribution in [-0.4, -0.2) is 36.6 Å². The third-order valence-electron chi connectivity index (χ3n) is 4.18. The fourth-order valence-electron chi connectivity index (χ4n) is 2.87. The lowest BCUT2D eigenvalue weighted by Crippen LogP contribution is -2.42. The first-order chi connectivity index (χ1) is 10.8. The van der Waals surface area contributed by atoms with E-state index in [0.29, 0.717) is 24.5 Å². The van der Waals surface area contributed by atoms with Gasteiger partial charge >= 0.3 is 0 Å². The summed E-state index contributed by atoms with van der Waals surface area (Å²) in [6.07, 6.45) is 3.32. The molecule has 0 spiro atoms. The van der Waals surface area contributed by atoms with E-state index in [1.807, 2.05) is 30.0 Å². The Bertz CT molecular complexity index is 614. The van der Waals surface area contributed by atoms with Gasteiger partial charge in [0, 0.05) is 13.2 Å². The zero-order valence-electron chi connectivity index (χ0n) is 12.8. The molecule has 4 nitrogen and oxygen atoms in total. The molecule has 1 aromatic heterocycles. The van der Waals surface area contributed by atoms with E-state index < -0.39 is 0 Å². The maximum absolute atomic E-state index is 12.8. The molecule has 2 heterocycles. The number of rotatable bonds is 5. The highest BCUT2D eigenvalue weighted by molar-refractivity contribution is 5.95. The van der Waals surface area contributed by atoms with Crippen LogP contribution in [0.2, 0.25) is 0 Å². The second kappa shape index (κ2) is 6.79. The van der Waals surface area contributed by atoms with Gasteiger partial charge in [0.25, 0.3) is 5.91 Å². The number of nitrogens with zero attached hydrogens (tertiary/aromatic N) is 1. The van der Waals surface area contributed by atoms with Crippen LogP contribution in [0, 0.1) is 6.92 Å². The van der Waals surface area contributed by atoms with E-state index in [9.17, 15) is 4.79 Å². The monoisotopic (exact) mass is 299 g/mol. The van der Waals surface area contributed by atoms with E-state index in [1.54, 1.807) is 12.3 Å². The number of hydrogen-bond acceptors (Lipinski definition) is 3. The first-order valence-corrected chi connectivity index (χ1v) is 7.72. The van der Waals surface area contributed by atoms with E-state index in [0.717, 1.165) is 19.4 Å². The van der Waals surface area contributed by atoms with Gasteiger partial charge in [-0.1, -0.05) is 30.3 Å². The van der Waals surface area contributed by atoms with Crippen molar-refractivity contribution >= 4 is 5.91 Å². The summed E-state index contributed by atoms with van der Waals surface area (Å²) in [6.45, 7) is 3.87. The molecule has 1 unspecified atom stereocenters. The number of hydrogen-bond donors (Lipinski definition) is 0. The van der Waals surface area contributed by atoms with E-state index in [-0.39, 0.29) is 11.9 Å². The zero-order valence-corrected chi connectivity index (χ0v) is 12.8. The Morgan fingerprint density at radius 3 is 2.73 bits per heavy atom. The Kier molecular flexibility index (Phi) is 4.59. The molecule has 0 radical (unpaired) electrons. The summed E-state index contributed by atoms with van der Waals surface area (Å²) in [5, 5.41) is 0. The van der Waals surface area contributed by atoms with Crippen molar-refractivity contribution in [1.82, 2.24) is 4.90 Å². The molecule has 3 rings (SSSR count). The topological polar surface area (TPSA) is 42.7 Å². The van der Waals surface area contributed by atoms with Crippen molar-refractivity contribution in [2.24, 2.45) is 0 Å². The summed E-state index contributed by atoms with van der Waals surface area (Å²) in [6, 6.07) is 12.2. The Morgan fingerprint density at radius 2 is 2.09 bits per heavy atom. The van der Waals surface area contributed by atoms with Gasteiger partial charge < -0.3 is 14.1 Å². The minimum Gasteiger partial charge on any atom is -0.469 e. The van der Waals surface area contributed by atoms with Crippen molar-refractivity contribution in [2.45, 2.75) is 25.8 Å². The summed E-state index contributed by atoms with van der Waals surface area (Å²) in [4.78, 5) is 14.8. The van der Waals surface area contributed by atoms with Gasteiger partial charge in [-0.25, -0.2) is 0 Å². The van der Waals surface area contributed by atoms with Crippen molar-refractivity contribution < 1.29 is 13.9 Å². The fraction of sp³-hybridized carbons (Fsp3) is 0.389. The molecule has 1 aliphatic heterocycles. The van der Waals surface area contributed by atoms with Gasteiger partial charge in [-0.05, 0) is 31.4 Å². The zero-order chi connectivity index (χ0) is 15.4. The molecule has 1 saturated heterocycles. The van der Waals surface area contributed by atoms with Crippen molar-refractivity contribution in [2.75, 3.05) is 19.8 Å². The maximum atomic E-state index is 12.8. The van der Waals surface area contributed by atoms with Crippen LogP contribution < -0.4 is 0 Å². The Hall–Kier alpha value is -2.07. The lowest BCUT2D eigenvalue weighted by atomic mass is 10.1. The molecule has 0 saturated carbocycles. The number of amides is 1. The van der Waals surface area contributed by atoms with Gasteiger partial charge in [0.1, 0.15) is 5.76 Å². The molecule has 116 valence electrons. The number of carbonyl (C=O) groups is 1. The molecule has 4 heteroatoms. The van der Waals surface area contributed by atoms with Crippen LogP contribution in [0.3, 0.4) is 0 Å². The number of aryl methyl sites for hydroxylation is 1. The second-order valence-corrected chi connectivity index (χ2v) is 5.64. The smallest absolute Gasteiger partial charge is 0.257 e. The molecular formula is C18H21NO3. The Morgan fingerprint density at radius 1 is 1.27 bits per heavy atom. The van der Waals surface area contributed by atoms with E-state index in [4.69, 9.17) is 9.15 Å². The molecule has 1 amide bonds. The molecule has 22 heavy (non-hydrogen) atoms. The normalized spacial score (nSPS) is 17.6. The number of benzene rings is 1. The molecular weight excluding hydrogens is 278 g/mol. The van der Waals surface area contributed by atoms with E-state index >= 15 is 0 Å². The first kappa shape index (κ1) is 14.9. The predicted octanol–water partition coefficient (Wildman–Crippen LogP) is 3.06. The summed E-state index contributed by atoms with van der Waals surface area (Å²) in [5.74, 6) is 0.714. The first-order valence-electron chi connectivity index (χ1n) is 7.72. The number of ether oxygens (including phenoxy) is 1. The standard InChI is InChI=1S/C18H21NO3/c1-14-17(9-12-22-14)18(20)19(16-8-11-21-13-16)10-7-15-5-3-2-4-6-15/h2-6,9,12,16H,7-8,10-11,13H2,1H3. The summed E-state index contributed by atoms with van der Waals surface area (Å²) in [5.41, 5.74) is 1.89. The average Bonchev–Trinajstić information content (AvgIpc) is 3.20. The minimum atomic E-state index is 0.0395. The van der Waals surface area contributed by atoms with Crippen LogP contribution in [0.4, 0.5) is 0 Å². The van der Waals surface area contributed by atoms with Crippen molar-refractivity contribution in [3.63, 3.8) is 0 Å². The molecule has 1 aromatic carbocycles. The van der Waals surface area contributed by atoms with Crippen LogP contribution in [0.1, 0.15) is 28.1 Å². The molecule has 0 aliphatic carbocycles. The van der Waals surface area contributed by atoms with E-state index in [2.05, 4.69) is 12.1 Å². The van der Waals surface area contributed by atoms with Crippen molar-refractivity contribution in [3.8, 4) is 0 Å². The second-order valence-electron chi connectivity index (χ2n) is 5.64. The molecule has 0 N–H and O–H groups in total. The molecule has 0 bridgehead atoms. The van der Waals surface area contributed by atoms with Gasteiger partial charge in [-0.15, -0.1) is 0 Å². The Labute approximate surface area is 130 Å². The minimum absolute atomic E-state index is 0.0395. The highest BCUT2D eigenvalue weighted by Gasteiger charge is 2.29. The summed E-state index contributed by atoms with van der Waals surface area (Å²) in [7, 11) is 0. The van der Waals surface area contributed by atoms with Crippen LogP contribution in [0.15, 0.2) is 47.1 Å². The van der Waals surface area contributed by atoms with Gasteiger partial charge in [-0.2, -0.15) is 0 Å². The van der Waals surface area contributed by atoms with Gasteiger partial charge in [-0.3, -0.25) is 4.79 Å². The van der Waals surface area contributed by atoms with Crippen LogP contribution in [0.25, 0.3) is 0 Å². The number of carbonyl (C=O) groups excluding carboxylic acids is 1. The molecule has 1 atom stereocenters. The SMILES string of the molecule is Cc1occc1C(=O)N(CCc1ccccc1)C1CCOC1. The number of furan rings is 1. The lowest BCUT2D eigenvalue weighted by molar-refractivity contribution is 0.0654.